The molecule has 3 nitrogen and oxygen atoms in total. The van der Waals surface area contributed by atoms with Crippen LogP contribution in [0.1, 0.15) is 5.56 Å². The van der Waals surface area contributed by atoms with Crippen LogP contribution < -0.4 is 15.2 Å². The average Bonchev–Trinajstić information content (AvgIpc) is 2.46. The summed E-state index contributed by atoms with van der Waals surface area (Å²) in [6, 6.07) is 9.98. The first-order valence-electron chi connectivity index (χ1n) is 5.90. The Morgan fingerprint density at radius 2 is 1.53 bits per heavy atom. The van der Waals surface area contributed by atoms with Gasteiger partial charge in [-0.1, -0.05) is 6.07 Å². The van der Waals surface area contributed by atoms with Gasteiger partial charge in [-0.25, -0.2) is 4.39 Å². The molecule has 2 rings (SSSR count). The molecule has 0 atom stereocenters. The minimum Gasteiger partial charge on any atom is -0.496 e. The smallest absolute Gasteiger partial charge is 0.127 e. The minimum atomic E-state index is -0.323. The highest BCUT2D eigenvalue weighted by molar-refractivity contribution is 5.76. The van der Waals surface area contributed by atoms with Gasteiger partial charge in [-0.05, 0) is 35.9 Å². The number of halogens is 1. The molecular weight excluding hydrogens is 245 g/mol. The lowest BCUT2D eigenvalue weighted by Gasteiger charge is -2.13. The number of methoxy groups -OCH3 is 2. The SMILES string of the molecule is COc1ccc(F)cc1-c1cc(CN)ccc1OC. The maximum absolute atomic E-state index is 13.5. The molecule has 2 aromatic rings. The van der Waals surface area contributed by atoms with Crippen molar-refractivity contribution in [1.29, 1.82) is 0 Å². The molecule has 0 radical (unpaired) electrons. The van der Waals surface area contributed by atoms with E-state index in [-0.39, 0.29) is 5.82 Å². The van der Waals surface area contributed by atoms with Crippen LogP contribution in [0.3, 0.4) is 0 Å². The van der Waals surface area contributed by atoms with Gasteiger partial charge in [0.15, 0.2) is 0 Å². The van der Waals surface area contributed by atoms with Crippen molar-refractivity contribution in [2.75, 3.05) is 14.2 Å². The fourth-order valence-electron chi connectivity index (χ4n) is 1.98. The van der Waals surface area contributed by atoms with Gasteiger partial charge >= 0.3 is 0 Å². The van der Waals surface area contributed by atoms with Crippen LogP contribution in [-0.2, 0) is 6.54 Å². The molecule has 0 aliphatic carbocycles. The molecule has 2 aromatic carbocycles. The van der Waals surface area contributed by atoms with Crippen molar-refractivity contribution < 1.29 is 13.9 Å². The van der Waals surface area contributed by atoms with Gasteiger partial charge in [0.1, 0.15) is 17.3 Å². The summed E-state index contributed by atoms with van der Waals surface area (Å²) >= 11 is 0. The molecule has 100 valence electrons. The first kappa shape index (κ1) is 13.4. The number of hydrogen-bond acceptors (Lipinski definition) is 3. The predicted octanol–water partition coefficient (Wildman–Crippen LogP) is 2.97. The van der Waals surface area contributed by atoms with E-state index in [0.717, 1.165) is 11.1 Å². The summed E-state index contributed by atoms with van der Waals surface area (Å²) in [4.78, 5) is 0. The third kappa shape index (κ3) is 2.69. The molecule has 0 aliphatic heterocycles. The number of rotatable bonds is 4. The summed E-state index contributed by atoms with van der Waals surface area (Å²) in [5.41, 5.74) is 8.00. The van der Waals surface area contributed by atoms with Gasteiger partial charge in [0.25, 0.3) is 0 Å². The van der Waals surface area contributed by atoms with E-state index in [9.17, 15) is 4.39 Å². The standard InChI is InChI=1S/C15H16FNO2/c1-18-14-5-3-10(9-17)7-12(14)13-8-11(16)4-6-15(13)19-2/h3-8H,9,17H2,1-2H3. The Morgan fingerprint density at radius 1 is 0.947 bits per heavy atom. The number of benzene rings is 2. The van der Waals surface area contributed by atoms with E-state index in [2.05, 4.69) is 0 Å². The van der Waals surface area contributed by atoms with E-state index in [1.54, 1.807) is 20.3 Å². The van der Waals surface area contributed by atoms with Gasteiger partial charge in [-0.15, -0.1) is 0 Å². The molecule has 0 fully saturated rings. The van der Waals surface area contributed by atoms with Crippen molar-refractivity contribution in [1.82, 2.24) is 0 Å². The quantitative estimate of drug-likeness (QED) is 0.920. The highest BCUT2D eigenvalue weighted by atomic mass is 19.1. The molecule has 0 saturated carbocycles. The Hall–Kier alpha value is -2.07. The van der Waals surface area contributed by atoms with Crippen LogP contribution in [0.2, 0.25) is 0 Å². The number of nitrogens with two attached hydrogens (primary N) is 1. The molecular formula is C15H16FNO2. The van der Waals surface area contributed by atoms with Crippen LogP contribution in [0.25, 0.3) is 11.1 Å². The van der Waals surface area contributed by atoms with Crippen LogP contribution in [0, 0.1) is 5.82 Å². The van der Waals surface area contributed by atoms with Crippen LogP contribution in [0.5, 0.6) is 11.5 Å². The van der Waals surface area contributed by atoms with Crippen LogP contribution in [0.15, 0.2) is 36.4 Å². The summed E-state index contributed by atoms with van der Waals surface area (Å²) in [6.45, 7) is 0.411. The average molecular weight is 261 g/mol. The van der Waals surface area contributed by atoms with E-state index in [0.29, 0.717) is 23.6 Å². The van der Waals surface area contributed by atoms with E-state index < -0.39 is 0 Å². The highest BCUT2D eigenvalue weighted by Crippen LogP contribution is 2.37. The monoisotopic (exact) mass is 261 g/mol. The Balaban J connectivity index is 2.65. The first-order valence-corrected chi connectivity index (χ1v) is 5.90. The third-order valence-electron chi connectivity index (χ3n) is 2.95. The van der Waals surface area contributed by atoms with Gasteiger partial charge in [0, 0.05) is 17.7 Å². The summed E-state index contributed by atoms with van der Waals surface area (Å²) in [5, 5.41) is 0. The number of ether oxygens (including phenoxy) is 2. The van der Waals surface area contributed by atoms with Crippen LogP contribution >= 0.6 is 0 Å². The Labute approximate surface area is 111 Å². The molecule has 2 N–H and O–H groups in total. The summed E-state index contributed by atoms with van der Waals surface area (Å²) in [5.74, 6) is 0.922. The van der Waals surface area contributed by atoms with Crippen LogP contribution in [0.4, 0.5) is 4.39 Å². The molecule has 0 bridgehead atoms. The summed E-state index contributed by atoms with van der Waals surface area (Å²) in [6.07, 6.45) is 0. The molecule has 0 heterocycles. The lowest BCUT2D eigenvalue weighted by Crippen LogP contribution is -1.98. The van der Waals surface area contributed by atoms with E-state index in [1.165, 1.54) is 12.1 Å². The van der Waals surface area contributed by atoms with Gasteiger partial charge < -0.3 is 15.2 Å². The van der Waals surface area contributed by atoms with Gasteiger partial charge in [-0.3, -0.25) is 0 Å². The van der Waals surface area contributed by atoms with E-state index in [4.69, 9.17) is 15.2 Å². The lowest BCUT2D eigenvalue weighted by atomic mass is 10.0. The summed E-state index contributed by atoms with van der Waals surface area (Å²) in [7, 11) is 3.13. The maximum atomic E-state index is 13.5. The fourth-order valence-corrected chi connectivity index (χ4v) is 1.98. The number of hydrogen-bond donors (Lipinski definition) is 1. The van der Waals surface area contributed by atoms with Crippen molar-refractivity contribution in [3.05, 3.63) is 47.8 Å². The molecule has 0 spiro atoms. The largest absolute Gasteiger partial charge is 0.496 e. The van der Waals surface area contributed by atoms with Crippen molar-refractivity contribution in [3.8, 4) is 22.6 Å². The van der Waals surface area contributed by atoms with Gasteiger partial charge in [0.05, 0.1) is 14.2 Å². The van der Waals surface area contributed by atoms with Gasteiger partial charge in [0.2, 0.25) is 0 Å². The maximum Gasteiger partial charge on any atom is 0.127 e. The van der Waals surface area contributed by atoms with Gasteiger partial charge in [-0.2, -0.15) is 0 Å². The molecule has 0 saturated heterocycles. The highest BCUT2D eigenvalue weighted by Gasteiger charge is 2.13. The minimum absolute atomic E-state index is 0.323. The van der Waals surface area contributed by atoms with Crippen molar-refractivity contribution in [2.24, 2.45) is 5.73 Å². The molecule has 0 amide bonds. The molecule has 0 unspecified atom stereocenters. The lowest BCUT2D eigenvalue weighted by molar-refractivity contribution is 0.409. The molecule has 0 aliphatic rings. The van der Waals surface area contributed by atoms with E-state index in [1.807, 2.05) is 18.2 Å². The second kappa shape index (κ2) is 5.71. The van der Waals surface area contributed by atoms with Crippen molar-refractivity contribution in [2.45, 2.75) is 6.54 Å². The van der Waals surface area contributed by atoms with E-state index >= 15 is 0 Å². The molecule has 19 heavy (non-hydrogen) atoms. The zero-order valence-corrected chi connectivity index (χ0v) is 10.9. The Morgan fingerprint density at radius 3 is 2.11 bits per heavy atom. The molecule has 4 heteroatoms. The zero-order valence-electron chi connectivity index (χ0n) is 10.9. The Bertz CT molecular complexity index is 584. The topological polar surface area (TPSA) is 44.5 Å². The second-order valence-electron chi connectivity index (χ2n) is 4.08. The third-order valence-corrected chi connectivity index (χ3v) is 2.95. The van der Waals surface area contributed by atoms with Crippen molar-refractivity contribution >= 4 is 0 Å². The predicted molar refractivity (Wildman–Crippen MR) is 72.8 cm³/mol. The molecule has 0 aromatic heterocycles. The first-order chi connectivity index (χ1) is 9.19. The normalized spacial score (nSPS) is 10.3. The fraction of sp³-hybridized carbons (Fsp3) is 0.200. The van der Waals surface area contributed by atoms with Crippen LogP contribution in [-0.4, -0.2) is 14.2 Å². The van der Waals surface area contributed by atoms with Crippen molar-refractivity contribution in [3.63, 3.8) is 0 Å². The zero-order chi connectivity index (χ0) is 13.8. The second-order valence-corrected chi connectivity index (χ2v) is 4.08. The summed E-state index contributed by atoms with van der Waals surface area (Å²) < 4.78 is 24.1. The Kier molecular flexibility index (Phi) is 4.02.